The monoisotopic (exact) mass is 570 g/mol. The number of rotatable bonds is 9. The van der Waals surface area contributed by atoms with E-state index in [4.69, 9.17) is 0 Å². The number of nitrogens with one attached hydrogen (secondary N) is 3. The molecule has 3 heterocycles. The maximum absolute atomic E-state index is 14.3. The highest BCUT2D eigenvalue weighted by Crippen LogP contribution is 2.31. The van der Waals surface area contributed by atoms with Crippen molar-refractivity contribution in [1.29, 1.82) is 0 Å². The van der Waals surface area contributed by atoms with Crippen molar-refractivity contribution in [1.82, 2.24) is 30.0 Å². The van der Waals surface area contributed by atoms with Gasteiger partial charge in [0.15, 0.2) is 16.5 Å². The topological polar surface area (TPSA) is 129 Å². The average molecular weight is 571 g/mol. The fourth-order valence-corrected chi connectivity index (χ4v) is 4.73. The summed E-state index contributed by atoms with van der Waals surface area (Å²) in [7, 11) is -1.35. The van der Waals surface area contributed by atoms with E-state index in [-0.39, 0.29) is 17.3 Å². The second-order valence-electron chi connectivity index (χ2n) is 8.94. The lowest BCUT2D eigenvalue weighted by Gasteiger charge is -2.21. The van der Waals surface area contributed by atoms with E-state index < -0.39 is 45.8 Å². The minimum atomic E-state index is -4.74. The molecule has 0 bridgehead atoms. The fraction of sp³-hybridized carbons (Fsp3) is 0.304. The molecule has 208 valence electrons. The van der Waals surface area contributed by atoms with Gasteiger partial charge in [-0.3, -0.25) is 9.82 Å². The lowest BCUT2D eigenvalue weighted by atomic mass is 10.2. The Bertz CT molecular complexity index is 1590. The molecule has 0 aliphatic heterocycles. The van der Waals surface area contributed by atoms with Gasteiger partial charge in [0.25, 0.3) is 15.9 Å². The highest BCUT2D eigenvalue weighted by atomic mass is 32.2. The number of aryl methyl sites for hydroxylation is 1. The first kappa shape index (κ1) is 28.1. The van der Waals surface area contributed by atoms with Crippen LogP contribution in [0.5, 0.6) is 0 Å². The Morgan fingerprint density at radius 2 is 1.72 bits per heavy atom. The van der Waals surface area contributed by atoms with Crippen molar-refractivity contribution in [3.8, 4) is 11.4 Å². The van der Waals surface area contributed by atoms with Gasteiger partial charge in [0.2, 0.25) is 0 Å². The van der Waals surface area contributed by atoms with Gasteiger partial charge in [-0.05, 0) is 57.4 Å². The summed E-state index contributed by atoms with van der Waals surface area (Å²) in [5, 5.41) is 9.12. The summed E-state index contributed by atoms with van der Waals surface area (Å²) in [4.78, 5) is 13.7. The number of sulfonamides is 1. The van der Waals surface area contributed by atoms with Crippen LogP contribution in [0.2, 0.25) is 0 Å². The van der Waals surface area contributed by atoms with Crippen LogP contribution in [0.1, 0.15) is 11.3 Å². The zero-order chi connectivity index (χ0) is 28.6. The number of pyridine rings is 1. The van der Waals surface area contributed by atoms with Gasteiger partial charge in [0, 0.05) is 17.4 Å². The molecule has 3 N–H and O–H groups in total. The first-order valence-electron chi connectivity index (χ1n) is 11.3. The number of halogens is 5. The van der Waals surface area contributed by atoms with E-state index in [1.165, 1.54) is 43.3 Å². The summed E-state index contributed by atoms with van der Waals surface area (Å²) >= 11 is 0. The van der Waals surface area contributed by atoms with Gasteiger partial charge in [0.05, 0.1) is 29.7 Å². The van der Waals surface area contributed by atoms with Gasteiger partial charge < -0.3 is 10.2 Å². The summed E-state index contributed by atoms with van der Waals surface area (Å²) in [6, 6.07) is 6.73. The number of aromatic nitrogens is 5. The lowest BCUT2D eigenvalue weighted by Crippen LogP contribution is -2.38. The molecule has 0 atom stereocenters. The predicted octanol–water partition coefficient (Wildman–Crippen LogP) is 4.15. The number of hydrogen-bond acceptors (Lipinski definition) is 8. The number of anilines is 2. The van der Waals surface area contributed by atoms with E-state index >= 15 is 0 Å². The summed E-state index contributed by atoms with van der Waals surface area (Å²) in [5.41, 5.74) is 0.100. The van der Waals surface area contributed by atoms with Crippen LogP contribution in [-0.2, 0) is 16.2 Å². The van der Waals surface area contributed by atoms with Crippen molar-refractivity contribution in [3.05, 3.63) is 53.9 Å². The molecule has 0 unspecified atom stereocenters. The minimum absolute atomic E-state index is 0.0399. The molecule has 4 rings (SSSR count). The molecular weight excluding hydrogens is 547 g/mol. The molecule has 0 fully saturated rings. The van der Waals surface area contributed by atoms with Crippen LogP contribution in [0.15, 0.2) is 47.6 Å². The number of fused-ring (bicyclic) bond motifs is 1. The van der Waals surface area contributed by atoms with Gasteiger partial charge in [-0.15, -0.1) is 0 Å². The Morgan fingerprint density at radius 1 is 1.03 bits per heavy atom. The summed E-state index contributed by atoms with van der Waals surface area (Å²) in [5.74, 6) is -2.77. The van der Waals surface area contributed by atoms with Crippen LogP contribution >= 0.6 is 0 Å². The average Bonchev–Trinajstić information content (AvgIpc) is 3.22. The molecule has 10 nitrogen and oxygen atoms in total. The highest BCUT2D eigenvalue weighted by Gasteiger charge is 2.32. The van der Waals surface area contributed by atoms with E-state index in [0.717, 1.165) is 6.20 Å². The Hall–Kier alpha value is -3.92. The van der Waals surface area contributed by atoms with Crippen molar-refractivity contribution in [2.75, 3.05) is 37.2 Å². The highest BCUT2D eigenvalue weighted by molar-refractivity contribution is 7.92. The lowest BCUT2D eigenvalue weighted by molar-refractivity contribution is -0.137. The predicted molar refractivity (Wildman–Crippen MR) is 134 cm³/mol. The van der Waals surface area contributed by atoms with Gasteiger partial charge in [0.1, 0.15) is 5.82 Å². The maximum atomic E-state index is 14.3. The van der Waals surface area contributed by atoms with E-state index in [1.54, 1.807) is 6.92 Å². The number of benzene rings is 1. The molecule has 4 aromatic rings. The van der Waals surface area contributed by atoms with Gasteiger partial charge >= 0.3 is 6.18 Å². The third kappa shape index (κ3) is 6.57. The van der Waals surface area contributed by atoms with Crippen molar-refractivity contribution in [2.45, 2.75) is 24.0 Å². The molecule has 3 aromatic heterocycles. The number of aromatic amines is 1. The Balaban J connectivity index is 1.59. The van der Waals surface area contributed by atoms with Crippen molar-refractivity contribution < 1.29 is 30.4 Å². The first-order valence-corrected chi connectivity index (χ1v) is 12.8. The molecule has 0 radical (unpaired) electrons. The quantitative estimate of drug-likeness (QED) is 0.256. The van der Waals surface area contributed by atoms with Crippen LogP contribution in [0.25, 0.3) is 22.4 Å². The van der Waals surface area contributed by atoms with Crippen LogP contribution in [-0.4, -0.2) is 71.6 Å². The maximum Gasteiger partial charge on any atom is 0.416 e. The summed E-state index contributed by atoms with van der Waals surface area (Å²) in [6.07, 6.45) is -3.98. The zero-order valence-corrected chi connectivity index (χ0v) is 21.6. The SMILES string of the molecule is Cc1n[nH]c2nc(-c3ccc(NS(=O)(=O)c4cc(C(F)(F)F)ccn4)cc3)nc(NCC(F)(F)CN(C)C)c12. The van der Waals surface area contributed by atoms with Crippen molar-refractivity contribution in [2.24, 2.45) is 0 Å². The molecular formula is C23H23F5N8O2S. The van der Waals surface area contributed by atoms with E-state index in [1.807, 2.05) is 0 Å². The number of hydrogen-bond donors (Lipinski definition) is 3. The van der Waals surface area contributed by atoms with Crippen LogP contribution in [0, 0.1) is 6.92 Å². The minimum Gasteiger partial charge on any atom is -0.363 e. The molecule has 0 saturated heterocycles. The third-order valence-corrected chi connectivity index (χ3v) is 6.67. The van der Waals surface area contributed by atoms with Gasteiger partial charge in [-0.1, -0.05) is 0 Å². The van der Waals surface area contributed by atoms with Crippen LogP contribution < -0.4 is 10.0 Å². The fourth-order valence-electron chi connectivity index (χ4n) is 3.69. The Morgan fingerprint density at radius 3 is 2.36 bits per heavy atom. The number of alkyl halides is 5. The molecule has 0 aliphatic carbocycles. The molecule has 0 spiro atoms. The molecule has 0 aliphatic rings. The second-order valence-corrected chi connectivity index (χ2v) is 10.6. The van der Waals surface area contributed by atoms with E-state index in [2.05, 4.69) is 35.2 Å². The first-order chi connectivity index (χ1) is 18.1. The molecule has 0 amide bonds. The molecule has 16 heteroatoms. The standard InChI is InChI=1S/C23H23F5N8O2S/c1-13-18-20(30-11-22(24,25)12-36(2)3)31-19(32-21(18)34-33-13)14-4-6-16(7-5-14)35-39(37,38)17-10-15(8-9-29-17)23(26,27)28/h4-10,35H,11-12H2,1-3H3,(H2,30,31,32,33,34). The van der Waals surface area contributed by atoms with Crippen molar-refractivity contribution >= 4 is 32.6 Å². The molecule has 1 aromatic carbocycles. The second kappa shape index (κ2) is 10.3. The van der Waals surface area contributed by atoms with E-state index in [9.17, 15) is 30.4 Å². The number of H-pyrrole nitrogens is 1. The largest absolute Gasteiger partial charge is 0.416 e. The molecule has 39 heavy (non-hydrogen) atoms. The normalized spacial score (nSPS) is 12.7. The van der Waals surface area contributed by atoms with Gasteiger partial charge in [-0.25, -0.2) is 23.7 Å². The van der Waals surface area contributed by atoms with Crippen LogP contribution in [0.3, 0.4) is 0 Å². The third-order valence-electron chi connectivity index (χ3n) is 5.40. The Kier molecular flexibility index (Phi) is 7.44. The smallest absolute Gasteiger partial charge is 0.363 e. The summed E-state index contributed by atoms with van der Waals surface area (Å²) in [6.45, 7) is 0.510. The molecule has 0 saturated carbocycles. The Labute approximate surface area is 219 Å². The summed E-state index contributed by atoms with van der Waals surface area (Å²) < 4.78 is 94.9. The number of nitrogens with zero attached hydrogens (tertiary/aromatic N) is 5. The van der Waals surface area contributed by atoms with Crippen molar-refractivity contribution in [3.63, 3.8) is 0 Å². The zero-order valence-electron chi connectivity index (χ0n) is 20.8. The van der Waals surface area contributed by atoms with Gasteiger partial charge in [-0.2, -0.15) is 26.7 Å². The van der Waals surface area contributed by atoms with Crippen LogP contribution in [0.4, 0.5) is 33.5 Å². The van der Waals surface area contributed by atoms with E-state index in [0.29, 0.717) is 34.4 Å².